The number of methoxy groups -OCH3 is 3. The molecular weight excluding hydrogens is 348 g/mol. The van der Waals surface area contributed by atoms with Gasteiger partial charge in [0.2, 0.25) is 0 Å². The zero-order valence-electron chi connectivity index (χ0n) is 15.1. The van der Waals surface area contributed by atoms with E-state index in [-0.39, 0.29) is 0 Å². The Morgan fingerprint density at radius 2 is 0.815 bits per heavy atom. The number of rotatable bonds is 6. The van der Waals surface area contributed by atoms with Crippen molar-refractivity contribution in [1.82, 2.24) is 0 Å². The molecule has 0 N–H and O–H groups in total. The zero-order chi connectivity index (χ0) is 18.8. The zero-order valence-corrected chi connectivity index (χ0v) is 15.1. The second-order valence-electron chi connectivity index (χ2n) is 5.66. The van der Waals surface area contributed by atoms with Gasteiger partial charge in [-0.3, -0.25) is 0 Å². The number of hydrogen-bond donors (Lipinski definition) is 0. The standard InChI is InChI=1S/C21H18O6/c1-22-19-16(13-7-4-10-25-13)20(23-2)18(15-9-6-12-27-15)21(24-3)17(19)14-8-5-11-26-14/h4-12H,1-3H3. The fourth-order valence-corrected chi connectivity index (χ4v) is 3.23. The third-order valence-corrected chi connectivity index (χ3v) is 4.28. The van der Waals surface area contributed by atoms with Crippen molar-refractivity contribution >= 4 is 0 Å². The first kappa shape index (κ1) is 16.9. The normalized spacial score (nSPS) is 10.8. The van der Waals surface area contributed by atoms with Gasteiger partial charge < -0.3 is 27.5 Å². The summed E-state index contributed by atoms with van der Waals surface area (Å²) in [4.78, 5) is 0. The molecule has 0 fully saturated rings. The van der Waals surface area contributed by atoms with Gasteiger partial charge >= 0.3 is 0 Å². The molecule has 0 unspecified atom stereocenters. The molecule has 6 heteroatoms. The Morgan fingerprint density at radius 3 is 1.00 bits per heavy atom. The number of furan rings is 3. The van der Waals surface area contributed by atoms with Crippen molar-refractivity contribution in [1.29, 1.82) is 0 Å². The average molecular weight is 366 g/mol. The lowest BCUT2D eigenvalue weighted by molar-refractivity contribution is 0.376. The van der Waals surface area contributed by atoms with Gasteiger partial charge in [0.25, 0.3) is 0 Å². The molecule has 0 radical (unpaired) electrons. The summed E-state index contributed by atoms with van der Waals surface area (Å²) in [5.74, 6) is 3.32. The van der Waals surface area contributed by atoms with Gasteiger partial charge in [-0.15, -0.1) is 0 Å². The highest BCUT2D eigenvalue weighted by Gasteiger charge is 2.32. The van der Waals surface area contributed by atoms with E-state index >= 15 is 0 Å². The smallest absolute Gasteiger partial charge is 0.148 e. The van der Waals surface area contributed by atoms with E-state index in [4.69, 9.17) is 27.5 Å². The van der Waals surface area contributed by atoms with Crippen LogP contribution in [-0.2, 0) is 0 Å². The summed E-state index contributed by atoms with van der Waals surface area (Å²) in [5, 5.41) is 0. The van der Waals surface area contributed by atoms with Crippen molar-refractivity contribution in [3.05, 3.63) is 55.2 Å². The molecule has 3 aromatic heterocycles. The van der Waals surface area contributed by atoms with Crippen LogP contribution in [0.1, 0.15) is 0 Å². The first-order chi connectivity index (χ1) is 13.3. The third-order valence-electron chi connectivity index (χ3n) is 4.28. The average Bonchev–Trinajstić information content (AvgIpc) is 3.48. The van der Waals surface area contributed by atoms with Crippen LogP contribution in [0.15, 0.2) is 68.4 Å². The molecule has 27 heavy (non-hydrogen) atoms. The molecule has 0 spiro atoms. The minimum atomic E-state index is 0.518. The fourth-order valence-electron chi connectivity index (χ4n) is 3.23. The molecule has 1 aromatic carbocycles. The molecule has 0 aliphatic carbocycles. The quantitative estimate of drug-likeness (QED) is 0.449. The Balaban J connectivity index is 2.19. The minimum Gasteiger partial charge on any atom is -0.495 e. The third kappa shape index (κ3) is 2.66. The van der Waals surface area contributed by atoms with Gasteiger partial charge in [0.05, 0.1) is 40.1 Å². The van der Waals surface area contributed by atoms with Crippen LogP contribution in [0.2, 0.25) is 0 Å². The molecule has 0 saturated carbocycles. The molecule has 0 aliphatic rings. The Bertz CT molecular complexity index is 857. The van der Waals surface area contributed by atoms with Gasteiger partial charge in [-0.05, 0) is 36.4 Å². The van der Waals surface area contributed by atoms with E-state index in [1.54, 1.807) is 58.3 Å². The van der Waals surface area contributed by atoms with Crippen molar-refractivity contribution in [3.63, 3.8) is 0 Å². The summed E-state index contributed by atoms with van der Waals surface area (Å²) in [6, 6.07) is 10.9. The van der Waals surface area contributed by atoms with Crippen LogP contribution in [0.25, 0.3) is 34.0 Å². The fraction of sp³-hybridized carbons (Fsp3) is 0.143. The predicted molar refractivity (Wildman–Crippen MR) is 99.2 cm³/mol. The van der Waals surface area contributed by atoms with E-state index < -0.39 is 0 Å². The second-order valence-corrected chi connectivity index (χ2v) is 5.66. The maximum absolute atomic E-state index is 5.77. The van der Waals surface area contributed by atoms with Crippen LogP contribution in [0.5, 0.6) is 17.2 Å². The van der Waals surface area contributed by atoms with Gasteiger partial charge in [-0.1, -0.05) is 0 Å². The predicted octanol–water partition coefficient (Wildman–Crippen LogP) is 5.49. The summed E-state index contributed by atoms with van der Waals surface area (Å²) in [6.07, 6.45) is 4.78. The van der Waals surface area contributed by atoms with Crippen LogP contribution in [0.3, 0.4) is 0 Å². The van der Waals surface area contributed by atoms with Gasteiger partial charge in [0.15, 0.2) is 0 Å². The first-order valence-electron chi connectivity index (χ1n) is 8.27. The van der Waals surface area contributed by atoms with Gasteiger partial charge in [-0.2, -0.15) is 0 Å². The van der Waals surface area contributed by atoms with Crippen molar-refractivity contribution in [2.75, 3.05) is 21.3 Å². The van der Waals surface area contributed by atoms with E-state index in [9.17, 15) is 0 Å². The van der Waals surface area contributed by atoms with Gasteiger partial charge in [0.1, 0.15) is 51.2 Å². The van der Waals surface area contributed by atoms with Crippen LogP contribution < -0.4 is 14.2 Å². The highest BCUT2D eigenvalue weighted by atomic mass is 16.5. The van der Waals surface area contributed by atoms with Gasteiger partial charge in [-0.25, -0.2) is 0 Å². The summed E-state index contributed by atoms with van der Waals surface area (Å²) >= 11 is 0. The van der Waals surface area contributed by atoms with E-state index in [0.29, 0.717) is 51.2 Å². The molecule has 4 aromatic rings. The van der Waals surface area contributed by atoms with Crippen molar-refractivity contribution < 1.29 is 27.5 Å². The topological polar surface area (TPSA) is 67.1 Å². The van der Waals surface area contributed by atoms with Crippen LogP contribution in [0, 0.1) is 0 Å². The number of benzene rings is 1. The summed E-state index contributed by atoms with van der Waals surface area (Å²) in [7, 11) is 4.75. The second kappa shape index (κ2) is 6.99. The van der Waals surface area contributed by atoms with Crippen molar-refractivity contribution in [3.8, 4) is 51.2 Å². The van der Waals surface area contributed by atoms with Crippen LogP contribution in [0.4, 0.5) is 0 Å². The Labute approximate surface area is 155 Å². The first-order valence-corrected chi connectivity index (χ1v) is 8.27. The molecule has 3 heterocycles. The van der Waals surface area contributed by atoms with Crippen LogP contribution in [-0.4, -0.2) is 21.3 Å². The van der Waals surface area contributed by atoms with E-state index in [1.165, 1.54) is 0 Å². The lowest BCUT2D eigenvalue weighted by Crippen LogP contribution is -2.01. The molecule has 0 atom stereocenters. The summed E-state index contributed by atoms with van der Waals surface area (Å²) in [6.45, 7) is 0. The molecule has 0 saturated heterocycles. The largest absolute Gasteiger partial charge is 0.495 e. The van der Waals surface area contributed by atoms with Crippen molar-refractivity contribution in [2.24, 2.45) is 0 Å². The Morgan fingerprint density at radius 1 is 0.519 bits per heavy atom. The lowest BCUT2D eigenvalue weighted by Gasteiger charge is -2.21. The highest BCUT2D eigenvalue weighted by Crippen LogP contribution is 2.56. The SMILES string of the molecule is COc1c(-c2ccco2)c(OC)c(-c2ccco2)c(OC)c1-c1ccco1. The monoisotopic (exact) mass is 366 g/mol. The highest BCUT2D eigenvalue weighted by molar-refractivity contribution is 5.96. The van der Waals surface area contributed by atoms with E-state index in [2.05, 4.69) is 0 Å². The number of hydrogen-bond acceptors (Lipinski definition) is 6. The van der Waals surface area contributed by atoms with Gasteiger partial charge in [0, 0.05) is 0 Å². The van der Waals surface area contributed by atoms with Crippen molar-refractivity contribution in [2.45, 2.75) is 0 Å². The molecule has 0 aliphatic heterocycles. The Kier molecular flexibility index (Phi) is 4.38. The van der Waals surface area contributed by atoms with Crippen LogP contribution >= 0.6 is 0 Å². The maximum atomic E-state index is 5.77. The minimum absolute atomic E-state index is 0.518. The number of ether oxygens (including phenoxy) is 3. The Hall–Kier alpha value is -3.54. The maximum Gasteiger partial charge on any atom is 0.148 e. The lowest BCUT2D eigenvalue weighted by atomic mass is 9.95. The summed E-state index contributed by atoms with van der Waals surface area (Å²) in [5.41, 5.74) is 1.93. The molecule has 4 rings (SSSR count). The molecule has 138 valence electrons. The van der Waals surface area contributed by atoms with E-state index in [0.717, 1.165) is 0 Å². The van der Waals surface area contributed by atoms with E-state index in [1.807, 2.05) is 18.2 Å². The summed E-state index contributed by atoms with van der Waals surface area (Å²) < 4.78 is 34.3. The molecular formula is C21H18O6. The molecule has 0 amide bonds. The molecule has 0 bridgehead atoms. The molecule has 6 nitrogen and oxygen atoms in total.